The molecule has 1 N–H and O–H groups in total. The van der Waals surface area contributed by atoms with Crippen LogP contribution in [0.4, 0.5) is 10.1 Å². The lowest BCUT2D eigenvalue weighted by Gasteiger charge is -2.43. The average molecular weight is 545 g/mol. The van der Waals surface area contributed by atoms with E-state index < -0.39 is 5.54 Å². The second kappa shape index (κ2) is 10.5. The Kier molecular flexibility index (Phi) is 6.75. The van der Waals surface area contributed by atoms with E-state index in [4.69, 9.17) is 9.47 Å². The van der Waals surface area contributed by atoms with Crippen molar-refractivity contribution < 1.29 is 28.2 Å². The van der Waals surface area contributed by atoms with Crippen LogP contribution in [0.2, 0.25) is 0 Å². The molecule has 3 aliphatic heterocycles. The SMILES string of the molecule is O=C(CN1CN(c2ccccc2)C2(CCN(C(=O)c3ccc4c(c3)OCO4)CC2)C1=O)NCc1ccc(F)cc1. The van der Waals surface area contributed by atoms with E-state index in [0.717, 1.165) is 11.3 Å². The van der Waals surface area contributed by atoms with Crippen molar-refractivity contribution in [3.05, 3.63) is 89.7 Å². The van der Waals surface area contributed by atoms with Crippen LogP contribution in [-0.2, 0) is 16.1 Å². The zero-order valence-electron chi connectivity index (χ0n) is 21.8. The van der Waals surface area contributed by atoms with Gasteiger partial charge in [0.05, 0.1) is 6.67 Å². The van der Waals surface area contributed by atoms with E-state index >= 15 is 0 Å². The standard InChI is InChI=1S/C30H29FN4O5/c31-23-9-6-21(7-10-23)17-32-27(36)18-34-19-35(24-4-2-1-3-5-24)30(29(34)38)12-14-33(15-13-30)28(37)22-8-11-25-26(16-22)40-20-39-25/h1-11,16H,12-15,17-20H2,(H,32,36). The van der Waals surface area contributed by atoms with Gasteiger partial charge >= 0.3 is 0 Å². The van der Waals surface area contributed by atoms with Gasteiger partial charge in [-0.25, -0.2) is 4.39 Å². The maximum atomic E-state index is 13.9. The first-order valence-corrected chi connectivity index (χ1v) is 13.3. The highest BCUT2D eigenvalue weighted by Crippen LogP contribution is 2.40. The number of benzene rings is 3. The van der Waals surface area contributed by atoms with Crippen LogP contribution < -0.4 is 19.7 Å². The molecule has 6 rings (SSSR count). The number of nitrogens with zero attached hydrogens (tertiary/aromatic N) is 3. The smallest absolute Gasteiger partial charge is 0.253 e. The molecule has 1 spiro atoms. The number of fused-ring (bicyclic) bond motifs is 1. The van der Waals surface area contributed by atoms with Crippen molar-refractivity contribution in [2.75, 3.05) is 38.0 Å². The summed E-state index contributed by atoms with van der Waals surface area (Å²) in [5.41, 5.74) is 1.31. The number of amides is 3. The number of hydrogen-bond acceptors (Lipinski definition) is 6. The Morgan fingerprint density at radius 3 is 2.40 bits per heavy atom. The number of piperidine rings is 1. The van der Waals surface area contributed by atoms with Crippen molar-refractivity contribution in [1.82, 2.24) is 15.1 Å². The van der Waals surface area contributed by atoms with Crippen molar-refractivity contribution in [1.29, 1.82) is 0 Å². The minimum atomic E-state index is -0.857. The van der Waals surface area contributed by atoms with Crippen LogP contribution in [0.15, 0.2) is 72.8 Å². The second-order valence-electron chi connectivity index (χ2n) is 10.2. The Hall–Kier alpha value is -4.60. The highest BCUT2D eigenvalue weighted by molar-refractivity contribution is 5.98. The number of likely N-dealkylation sites (tertiary alicyclic amines) is 1. The molecule has 0 radical (unpaired) electrons. The lowest BCUT2D eigenvalue weighted by Crippen LogP contribution is -2.57. The summed E-state index contributed by atoms with van der Waals surface area (Å²) in [5, 5.41) is 2.82. The van der Waals surface area contributed by atoms with Gasteiger partial charge in [-0.3, -0.25) is 14.4 Å². The molecule has 206 valence electrons. The number of anilines is 1. The van der Waals surface area contributed by atoms with Gasteiger partial charge in [0, 0.05) is 30.9 Å². The molecule has 0 unspecified atom stereocenters. The summed E-state index contributed by atoms with van der Waals surface area (Å²) in [6.07, 6.45) is 0.870. The van der Waals surface area contributed by atoms with Crippen molar-refractivity contribution >= 4 is 23.4 Å². The number of para-hydroxylation sites is 1. The topological polar surface area (TPSA) is 91.4 Å². The molecule has 2 saturated heterocycles. The first-order chi connectivity index (χ1) is 19.4. The van der Waals surface area contributed by atoms with Gasteiger partial charge in [-0.05, 0) is 60.9 Å². The van der Waals surface area contributed by atoms with Gasteiger partial charge in [-0.2, -0.15) is 0 Å². The summed E-state index contributed by atoms with van der Waals surface area (Å²) in [4.78, 5) is 45.4. The summed E-state index contributed by atoms with van der Waals surface area (Å²) in [5.74, 6) is 0.288. The van der Waals surface area contributed by atoms with Crippen LogP contribution >= 0.6 is 0 Å². The summed E-state index contributed by atoms with van der Waals surface area (Å²) >= 11 is 0. The van der Waals surface area contributed by atoms with E-state index in [9.17, 15) is 18.8 Å². The number of rotatable bonds is 6. The second-order valence-corrected chi connectivity index (χ2v) is 10.2. The third-order valence-corrected chi connectivity index (χ3v) is 7.82. The molecule has 10 heteroatoms. The highest BCUT2D eigenvalue weighted by atomic mass is 19.1. The first kappa shape index (κ1) is 25.7. The summed E-state index contributed by atoms with van der Waals surface area (Å²) < 4.78 is 24.0. The molecule has 0 saturated carbocycles. The number of halogens is 1. The van der Waals surface area contributed by atoms with E-state index in [1.165, 1.54) is 12.1 Å². The highest BCUT2D eigenvalue weighted by Gasteiger charge is 2.54. The van der Waals surface area contributed by atoms with Crippen LogP contribution in [-0.4, -0.2) is 66.2 Å². The Morgan fingerprint density at radius 2 is 1.65 bits per heavy atom. The molecule has 0 atom stereocenters. The fourth-order valence-corrected chi connectivity index (χ4v) is 5.65. The first-order valence-electron chi connectivity index (χ1n) is 13.3. The molecular formula is C30H29FN4O5. The fourth-order valence-electron chi connectivity index (χ4n) is 5.65. The molecule has 0 aliphatic carbocycles. The Bertz CT molecular complexity index is 1420. The van der Waals surface area contributed by atoms with Gasteiger partial charge in [0.1, 0.15) is 17.9 Å². The van der Waals surface area contributed by atoms with Crippen LogP contribution in [0.1, 0.15) is 28.8 Å². The normalized spacial score (nSPS) is 17.4. The number of ether oxygens (including phenoxy) is 2. The van der Waals surface area contributed by atoms with Crippen LogP contribution in [0, 0.1) is 5.82 Å². The quantitative estimate of drug-likeness (QED) is 0.513. The summed E-state index contributed by atoms with van der Waals surface area (Å²) in [6, 6.07) is 20.7. The molecule has 3 aromatic rings. The Balaban J connectivity index is 1.16. The molecule has 2 fully saturated rings. The van der Waals surface area contributed by atoms with Crippen molar-refractivity contribution in [3.63, 3.8) is 0 Å². The lowest BCUT2D eigenvalue weighted by molar-refractivity contribution is -0.137. The third-order valence-electron chi connectivity index (χ3n) is 7.82. The van der Waals surface area contributed by atoms with Gasteiger partial charge in [0.25, 0.3) is 11.8 Å². The maximum Gasteiger partial charge on any atom is 0.253 e. The molecular weight excluding hydrogens is 515 g/mol. The molecule has 3 amide bonds. The van der Waals surface area contributed by atoms with Crippen molar-refractivity contribution in [2.24, 2.45) is 0 Å². The number of nitrogens with one attached hydrogen (secondary N) is 1. The zero-order chi connectivity index (χ0) is 27.7. The van der Waals surface area contributed by atoms with Crippen LogP contribution in [0.3, 0.4) is 0 Å². The van der Waals surface area contributed by atoms with E-state index in [-0.39, 0.29) is 50.1 Å². The molecule has 3 heterocycles. The van der Waals surface area contributed by atoms with Gasteiger partial charge in [-0.1, -0.05) is 30.3 Å². The third kappa shape index (κ3) is 4.81. The van der Waals surface area contributed by atoms with Crippen molar-refractivity contribution in [3.8, 4) is 11.5 Å². The lowest BCUT2D eigenvalue weighted by atomic mass is 9.85. The van der Waals surface area contributed by atoms with Gasteiger partial charge in [-0.15, -0.1) is 0 Å². The summed E-state index contributed by atoms with van der Waals surface area (Å²) in [6.45, 7) is 1.34. The number of hydrogen-bond donors (Lipinski definition) is 1. The molecule has 0 aromatic heterocycles. The monoisotopic (exact) mass is 544 g/mol. The molecule has 3 aliphatic rings. The molecule has 40 heavy (non-hydrogen) atoms. The van der Waals surface area contributed by atoms with Gasteiger partial charge in [0.2, 0.25) is 12.7 Å². The van der Waals surface area contributed by atoms with Crippen LogP contribution in [0.5, 0.6) is 11.5 Å². The van der Waals surface area contributed by atoms with E-state index in [1.807, 2.05) is 30.3 Å². The van der Waals surface area contributed by atoms with Crippen molar-refractivity contribution in [2.45, 2.75) is 24.9 Å². The Morgan fingerprint density at radius 1 is 0.925 bits per heavy atom. The molecule has 9 nitrogen and oxygen atoms in total. The largest absolute Gasteiger partial charge is 0.454 e. The fraction of sp³-hybridized carbons (Fsp3) is 0.300. The van der Waals surface area contributed by atoms with Crippen LogP contribution in [0.25, 0.3) is 0 Å². The average Bonchev–Trinajstić information content (AvgIpc) is 3.56. The van der Waals surface area contributed by atoms with Gasteiger partial charge in [0.15, 0.2) is 11.5 Å². The van der Waals surface area contributed by atoms with Gasteiger partial charge < -0.3 is 29.5 Å². The Labute approximate surface area is 231 Å². The minimum absolute atomic E-state index is 0.0923. The predicted molar refractivity (Wildman–Crippen MR) is 144 cm³/mol. The number of carbonyl (C=O) groups excluding carboxylic acids is 3. The van der Waals surface area contributed by atoms with E-state index in [1.54, 1.807) is 40.1 Å². The predicted octanol–water partition coefficient (Wildman–Crippen LogP) is 3.15. The maximum absolute atomic E-state index is 13.9. The summed E-state index contributed by atoms with van der Waals surface area (Å²) in [7, 11) is 0. The minimum Gasteiger partial charge on any atom is -0.454 e. The van der Waals surface area contributed by atoms with E-state index in [0.29, 0.717) is 43.0 Å². The zero-order valence-corrected chi connectivity index (χ0v) is 21.8. The molecule has 3 aromatic carbocycles. The number of carbonyl (C=O) groups is 3. The van der Waals surface area contributed by atoms with E-state index in [2.05, 4.69) is 10.2 Å². The molecule has 0 bridgehead atoms.